The Kier molecular flexibility index (Phi) is 29.2. The van der Waals surface area contributed by atoms with Gasteiger partial charge in [-0.05, 0) is 19.4 Å². The number of nitrogens with one attached hydrogen (secondary N) is 3. The topological polar surface area (TPSA) is 73.5 Å². The monoisotopic (exact) mass is 539 g/mol. The van der Waals surface area contributed by atoms with E-state index in [0.29, 0.717) is 19.5 Å². The molecule has 0 unspecified atom stereocenters. The number of rotatable bonds is 29. The molecule has 0 rings (SSSR count). The molecule has 6 nitrogen and oxygen atoms in total. The number of carbonyl (C=O) groups is 2. The molecule has 0 radical (unpaired) electrons. The van der Waals surface area contributed by atoms with Crippen molar-refractivity contribution in [3.05, 3.63) is 0 Å². The number of hydrogen-bond acceptors (Lipinski definition) is 3. The summed E-state index contributed by atoms with van der Waals surface area (Å²) < 4.78 is 0. The van der Waals surface area contributed by atoms with E-state index in [4.69, 9.17) is 0 Å². The maximum atomic E-state index is 12.7. The van der Waals surface area contributed by atoms with E-state index in [9.17, 15) is 9.59 Å². The predicted molar refractivity (Wildman–Crippen MR) is 165 cm³/mol. The molecule has 3 N–H and O–H groups in total. The third-order valence-electron chi connectivity index (χ3n) is 7.36. The van der Waals surface area contributed by atoms with Gasteiger partial charge in [0.1, 0.15) is 0 Å². The van der Waals surface area contributed by atoms with Crippen molar-refractivity contribution < 1.29 is 9.59 Å². The molecule has 3 amide bonds. The van der Waals surface area contributed by atoms with Crippen LogP contribution in [0.5, 0.6) is 0 Å². The molecule has 0 aromatic carbocycles. The van der Waals surface area contributed by atoms with Gasteiger partial charge in [-0.2, -0.15) is 0 Å². The second kappa shape index (κ2) is 30.2. The lowest BCUT2D eigenvalue weighted by Gasteiger charge is -2.23. The second-order valence-electron chi connectivity index (χ2n) is 11.0. The van der Waals surface area contributed by atoms with Crippen molar-refractivity contribution in [2.45, 2.75) is 156 Å². The predicted octanol–water partition coefficient (Wildman–Crippen LogP) is 7.96. The first-order valence-corrected chi connectivity index (χ1v) is 16.7. The third-order valence-corrected chi connectivity index (χ3v) is 7.36. The highest BCUT2D eigenvalue weighted by molar-refractivity contribution is 5.78. The average Bonchev–Trinajstić information content (AvgIpc) is 2.92. The lowest BCUT2D eigenvalue weighted by Crippen LogP contribution is -2.45. The van der Waals surface area contributed by atoms with Gasteiger partial charge in [-0.25, -0.2) is 4.79 Å². The molecule has 6 heteroatoms. The number of nitrogens with zero attached hydrogens (tertiary/aromatic N) is 1. The van der Waals surface area contributed by atoms with E-state index in [0.717, 1.165) is 39.0 Å². The molecule has 38 heavy (non-hydrogen) atoms. The fourth-order valence-corrected chi connectivity index (χ4v) is 4.79. The van der Waals surface area contributed by atoms with Gasteiger partial charge in [-0.15, -0.1) is 0 Å². The van der Waals surface area contributed by atoms with Gasteiger partial charge in [0.2, 0.25) is 5.91 Å². The van der Waals surface area contributed by atoms with Crippen molar-refractivity contribution >= 4 is 11.9 Å². The smallest absolute Gasteiger partial charge is 0.317 e. The van der Waals surface area contributed by atoms with Crippen LogP contribution < -0.4 is 16.0 Å². The van der Waals surface area contributed by atoms with E-state index in [1.807, 2.05) is 0 Å². The summed E-state index contributed by atoms with van der Waals surface area (Å²) in [5.74, 6) is 0.0527. The number of hydrogen-bond donors (Lipinski definition) is 3. The molecule has 0 aliphatic rings. The lowest BCUT2D eigenvalue weighted by molar-refractivity contribution is -0.121. The maximum absolute atomic E-state index is 12.7. The minimum Gasteiger partial charge on any atom is -0.356 e. The number of carbonyl (C=O) groups excluding carboxylic acids is 2. The van der Waals surface area contributed by atoms with Crippen LogP contribution in [0.3, 0.4) is 0 Å². The molecule has 226 valence electrons. The zero-order chi connectivity index (χ0) is 27.9. The van der Waals surface area contributed by atoms with Gasteiger partial charge in [0.25, 0.3) is 0 Å². The van der Waals surface area contributed by atoms with Crippen LogP contribution in [0.2, 0.25) is 0 Å². The van der Waals surface area contributed by atoms with Gasteiger partial charge in [0.15, 0.2) is 0 Å². The van der Waals surface area contributed by atoms with Crippen molar-refractivity contribution in [3.8, 4) is 0 Å². The number of amides is 3. The molecule has 0 saturated carbocycles. The van der Waals surface area contributed by atoms with E-state index in [2.05, 4.69) is 36.7 Å². The van der Waals surface area contributed by atoms with Crippen molar-refractivity contribution in [1.82, 2.24) is 20.9 Å². The summed E-state index contributed by atoms with van der Waals surface area (Å²) in [6.45, 7) is 10.8. The average molecular weight is 539 g/mol. The van der Waals surface area contributed by atoms with Crippen LogP contribution in [0.25, 0.3) is 0 Å². The van der Waals surface area contributed by atoms with Gasteiger partial charge in [-0.1, -0.05) is 136 Å². The van der Waals surface area contributed by atoms with Crippen LogP contribution in [0.1, 0.15) is 156 Å². The van der Waals surface area contributed by atoms with Crippen LogP contribution in [-0.2, 0) is 4.79 Å². The normalized spacial score (nSPS) is 11.0. The first-order chi connectivity index (χ1) is 18.7. The van der Waals surface area contributed by atoms with E-state index in [1.54, 1.807) is 4.90 Å². The third kappa shape index (κ3) is 26.3. The fourth-order valence-electron chi connectivity index (χ4n) is 4.79. The minimum absolute atomic E-state index is 0.0404. The SMILES string of the molecule is CCCCCCCCCCCCNC(=O)CCN(CCNCC)C(=O)NCCCCCCCCCCCC. The Labute approximate surface area is 237 Å². The Hall–Kier alpha value is -1.30. The first kappa shape index (κ1) is 36.7. The van der Waals surface area contributed by atoms with E-state index in [-0.39, 0.29) is 11.9 Å². The zero-order valence-corrected chi connectivity index (χ0v) is 25.9. The molecule has 0 aromatic heterocycles. The molecule has 0 aromatic rings. The quantitative estimate of drug-likeness (QED) is 0.0846. The Balaban J connectivity index is 3.89. The number of likely N-dealkylation sites (N-methyl/N-ethyl adjacent to an activating group) is 1. The Morgan fingerprint density at radius 1 is 0.500 bits per heavy atom. The van der Waals surface area contributed by atoms with Crippen molar-refractivity contribution in [2.75, 3.05) is 39.3 Å². The summed E-state index contributed by atoms with van der Waals surface area (Å²) >= 11 is 0. The highest BCUT2D eigenvalue weighted by Crippen LogP contribution is 2.11. The van der Waals surface area contributed by atoms with Gasteiger partial charge < -0.3 is 20.9 Å². The summed E-state index contributed by atoms with van der Waals surface area (Å²) in [7, 11) is 0. The van der Waals surface area contributed by atoms with Crippen LogP contribution in [0, 0.1) is 0 Å². The number of urea groups is 1. The van der Waals surface area contributed by atoms with Crippen molar-refractivity contribution in [1.29, 1.82) is 0 Å². The number of unbranched alkanes of at least 4 members (excludes halogenated alkanes) is 18. The molecule has 0 spiro atoms. The summed E-state index contributed by atoms with van der Waals surface area (Å²) in [6, 6.07) is -0.0404. The lowest BCUT2D eigenvalue weighted by atomic mass is 10.1. The highest BCUT2D eigenvalue weighted by Gasteiger charge is 2.14. The second-order valence-corrected chi connectivity index (χ2v) is 11.0. The Morgan fingerprint density at radius 3 is 1.37 bits per heavy atom. The maximum Gasteiger partial charge on any atom is 0.317 e. The molecular formula is C32H66N4O2. The highest BCUT2D eigenvalue weighted by atomic mass is 16.2. The van der Waals surface area contributed by atoms with E-state index < -0.39 is 0 Å². The van der Waals surface area contributed by atoms with E-state index in [1.165, 1.54) is 116 Å². The Bertz CT molecular complexity index is 516. The van der Waals surface area contributed by atoms with Gasteiger partial charge in [0, 0.05) is 39.1 Å². The molecule has 0 saturated heterocycles. The van der Waals surface area contributed by atoms with Gasteiger partial charge in [0.05, 0.1) is 0 Å². The van der Waals surface area contributed by atoms with Crippen LogP contribution >= 0.6 is 0 Å². The largest absolute Gasteiger partial charge is 0.356 e. The minimum atomic E-state index is -0.0404. The van der Waals surface area contributed by atoms with Crippen molar-refractivity contribution in [2.24, 2.45) is 0 Å². The molecule has 0 aliphatic heterocycles. The molecular weight excluding hydrogens is 472 g/mol. The molecule has 0 atom stereocenters. The van der Waals surface area contributed by atoms with Crippen LogP contribution in [-0.4, -0.2) is 56.1 Å². The zero-order valence-electron chi connectivity index (χ0n) is 25.9. The van der Waals surface area contributed by atoms with Crippen LogP contribution in [0.4, 0.5) is 4.79 Å². The fraction of sp³-hybridized carbons (Fsp3) is 0.938. The molecule has 0 heterocycles. The summed E-state index contributed by atoms with van der Waals surface area (Å²) in [6.07, 6.45) is 26.3. The molecule has 0 bridgehead atoms. The molecule has 0 fully saturated rings. The van der Waals surface area contributed by atoms with Gasteiger partial charge >= 0.3 is 6.03 Å². The summed E-state index contributed by atoms with van der Waals surface area (Å²) in [5.41, 5.74) is 0. The first-order valence-electron chi connectivity index (χ1n) is 16.7. The standard InChI is InChI=1S/C32H66N4O2/c1-4-7-9-11-13-15-17-19-21-23-26-34-31(37)25-29-36(30-28-33-6-3)32(38)35-27-24-22-20-18-16-14-12-10-8-5-2/h33H,4-30H2,1-3H3,(H,34,37)(H,35,38). The van der Waals surface area contributed by atoms with Crippen molar-refractivity contribution in [3.63, 3.8) is 0 Å². The van der Waals surface area contributed by atoms with Gasteiger partial charge in [-0.3, -0.25) is 4.79 Å². The molecule has 0 aliphatic carbocycles. The summed E-state index contributed by atoms with van der Waals surface area (Å²) in [4.78, 5) is 26.8. The Morgan fingerprint density at radius 2 is 0.921 bits per heavy atom. The van der Waals surface area contributed by atoms with Crippen LogP contribution in [0.15, 0.2) is 0 Å². The summed E-state index contributed by atoms with van der Waals surface area (Å²) in [5, 5.41) is 9.41. The van der Waals surface area contributed by atoms with E-state index >= 15 is 0 Å².